The van der Waals surface area contributed by atoms with Crippen LogP contribution in [0.4, 0.5) is 0 Å². The van der Waals surface area contributed by atoms with Crippen molar-refractivity contribution in [3.63, 3.8) is 0 Å². The zero-order valence-electron chi connectivity index (χ0n) is 16.4. The molecule has 4 aromatic rings. The molecule has 0 bridgehead atoms. The normalized spacial score (nSPS) is 12.5. The highest BCUT2D eigenvalue weighted by molar-refractivity contribution is 7.95. The highest BCUT2D eigenvalue weighted by Gasteiger charge is 2.50. The molecule has 0 saturated heterocycles. The summed E-state index contributed by atoms with van der Waals surface area (Å²) in [4.78, 5) is 4.52. The van der Waals surface area contributed by atoms with E-state index in [0.29, 0.717) is 5.66 Å². The molecular weight excluding hydrogens is 357 g/mol. The summed E-state index contributed by atoms with van der Waals surface area (Å²) >= 11 is 0. The van der Waals surface area contributed by atoms with Crippen molar-refractivity contribution in [2.75, 3.05) is 0 Å². The summed E-state index contributed by atoms with van der Waals surface area (Å²) in [5.41, 5.74) is 2.81. The van der Waals surface area contributed by atoms with Gasteiger partial charge in [-0.3, -0.25) is 4.98 Å². The van der Waals surface area contributed by atoms with E-state index in [9.17, 15) is 0 Å². The van der Waals surface area contributed by atoms with Crippen LogP contribution in [0.15, 0.2) is 109 Å². The van der Waals surface area contributed by atoms with Crippen LogP contribution in [0.2, 0.25) is 0 Å². The summed E-state index contributed by atoms with van der Waals surface area (Å²) in [6.07, 6.45) is 3.98. The minimum atomic E-state index is -1.93. The molecule has 1 atom stereocenters. The monoisotopic (exact) mass is 382 g/mol. The Morgan fingerprint density at radius 2 is 1.07 bits per heavy atom. The van der Waals surface area contributed by atoms with Crippen LogP contribution in [0.5, 0.6) is 0 Å². The van der Waals surface area contributed by atoms with Crippen LogP contribution in [-0.4, -0.2) is 4.98 Å². The molecule has 4 rings (SSSR count). The Morgan fingerprint density at radius 1 is 0.643 bits per heavy atom. The average Bonchev–Trinajstić information content (AvgIpc) is 2.76. The molecule has 2 heteroatoms. The third-order valence-corrected chi connectivity index (χ3v) is 10.2. The summed E-state index contributed by atoms with van der Waals surface area (Å²) in [7, 11) is -1.93. The Balaban J connectivity index is 2.07. The molecule has 0 aliphatic carbocycles. The van der Waals surface area contributed by atoms with Gasteiger partial charge >= 0.3 is 0 Å². The van der Waals surface area contributed by atoms with Crippen LogP contribution in [0, 0.1) is 6.92 Å². The molecule has 0 radical (unpaired) electrons. The van der Waals surface area contributed by atoms with Crippen LogP contribution in [0.25, 0.3) is 0 Å². The largest absolute Gasteiger partial charge is 0.264 e. The number of hydrogen-bond donors (Lipinski definition) is 0. The molecule has 1 aromatic heterocycles. The van der Waals surface area contributed by atoms with Crippen molar-refractivity contribution < 1.29 is 0 Å². The van der Waals surface area contributed by atoms with Gasteiger partial charge < -0.3 is 0 Å². The molecular formula is C26H25NP+. The van der Waals surface area contributed by atoms with Crippen molar-refractivity contribution in [3.05, 3.63) is 121 Å². The van der Waals surface area contributed by atoms with E-state index in [-0.39, 0.29) is 0 Å². The zero-order valence-corrected chi connectivity index (χ0v) is 17.3. The van der Waals surface area contributed by atoms with Crippen molar-refractivity contribution in [2.45, 2.75) is 19.5 Å². The molecule has 1 unspecified atom stereocenters. The number of aromatic nitrogens is 1. The van der Waals surface area contributed by atoms with Crippen LogP contribution < -0.4 is 15.9 Å². The number of rotatable bonds is 5. The van der Waals surface area contributed by atoms with Crippen LogP contribution in [0.3, 0.4) is 0 Å². The van der Waals surface area contributed by atoms with Crippen LogP contribution in [0.1, 0.15) is 23.7 Å². The van der Waals surface area contributed by atoms with E-state index in [1.165, 1.54) is 27.0 Å². The lowest BCUT2D eigenvalue weighted by Gasteiger charge is -2.33. The lowest BCUT2D eigenvalue weighted by atomic mass is 10.2. The Labute approximate surface area is 168 Å². The molecule has 0 aliphatic rings. The standard InChI is InChI=1S/C26H25NP/c1-21-18-23(20-27-19-21)22(2)28(24-12-6-3-7-13-24,25-14-8-4-9-15-25)26-16-10-5-11-17-26/h3-20,22H,1-2H3/q+1. The van der Waals surface area contributed by atoms with E-state index in [1.54, 1.807) is 0 Å². The SMILES string of the molecule is Cc1cncc(C(C)[P+](c2ccccc2)(c2ccccc2)c2ccccc2)c1. The molecule has 0 amide bonds. The Kier molecular flexibility index (Phi) is 5.37. The summed E-state index contributed by atoms with van der Waals surface area (Å²) < 4.78 is 0. The van der Waals surface area contributed by atoms with Gasteiger partial charge in [0.2, 0.25) is 0 Å². The smallest absolute Gasteiger partial charge is 0.119 e. The molecule has 138 valence electrons. The summed E-state index contributed by atoms with van der Waals surface area (Å²) in [6.45, 7) is 4.49. The second-order valence-electron chi connectivity index (χ2n) is 7.20. The highest BCUT2D eigenvalue weighted by Crippen LogP contribution is 2.66. The van der Waals surface area contributed by atoms with E-state index in [0.717, 1.165) is 0 Å². The van der Waals surface area contributed by atoms with Gasteiger partial charge in [0.15, 0.2) is 0 Å². The van der Waals surface area contributed by atoms with Gasteiger partial charge in [-0.15, -0.1) is 0 Å². The predicted molar refractivity (Wildman–Crippen MR) is 123 cm³/mol. The van der Waals surface area contributed by atoms with E-state index in [1.807, 2.05) is 12.4 Å². The van der Waals surface area contributed by atoms with Gasteiger partial charge in [0, 0.05) is 18.0 Å². The Hall–Kier alpha value is -2.76. The number of benzene rings is 3. The Morgan fingerprint density at radius 3 is 1.46 bits per heavy atom. The summed E-state index contributed by atoms with van der Waals surface area (Å²) in [5.74, 6) is 0. The first-order valence-corrected chi connectivity index (χ1v) is 11.6. The van der Waals surface area contributed by atoms with Crippen molar-refractivity contribution >= 4 is 23.2 Å². The topological polar surface area (TPSA) is 12.9 Å². The van der Waals surface area contributed by atoms with Crippen molar-refractivity contribution in [1.82, 2.24) is 4.98 Å². The highest BCUT2D eigenvalue weighted by atomic mass is 31.2. The second-order valence-corrected chi connectivity index (χ2v) is 11.0. The first kappa shape index (κ1) is 18.6. The molecule has 0 saturated carbocycles. The van der Waals surface area contributed by atoms with Gasteiger partial charge in [-0.2, -0.15) is 0 Å². The van der Waals surface area contributed by atoms with E-state index in [4.69, 9.17) is 0 Å². The summed E-state index contributed by atoms with van der Waals surface area (Å²) in [5, 5.41) is 4.21. The summed E-state index contributed by atoms with van der Waals surface area (Å²) in [6, 6.07) is 35.4. The fourth-order valence-electron chi connectivity index (χ4n) is 4.14. The van der Waals surface area contributed by atoms with Gasteiger partial charge in [0.1, 0.15) is 28.8 Å². The Bertz CT molecular complexity index is 933. The number of pyridine rings is 1. The predicted octanol–water partition coefficient (Wildman–Crippen LogP) is 5.45. The maximum Gasteiger partial charge on any atom is 0.119 e. The quantitative estimate of drug-likeness (QED) is 0.419. The molecule has 0 spiro atoms. The fourth-order valence-corrected chi connectivity index (χ4v) is 8.89. The van der Waals surface area contributed by atoms with E-state index >= 15 is 0 Å². The van der Waals surface area contributed by atoms with E-state index in [2.05, 4.69) is 116 Å². The first-order chi connectivity index (χ1) is 13.7. The van der Waals surface area contributed by atoms with Gasteiger partial charge in [-0.1, -0.05) is 54.6 Å². The number of aryl methyl sites for hydroxylation is 1. The molecule has 0 fully saturated rings. The van der Waals surface area contributed by atoms with Gasteiger partial charge in [0.25, 0.3) is 0 Å². The second kappa shape index (κ2) is 8.09. The lowest BCUT2D eigenvalue weighted by Crippen LogP contribution is -2.34. The molecule has 3 aromatic carbocycles. The van der Waals surface area contributed by atoms with Crippen molar-refractivity contribution in [3.8, 4) is 0 Å². The minimum absolute atomic E-state index is 0.312. The van der Waals surface area contributed by atoms with Crippen molar-refractivity contribution in [2.24, 2.45) is 0 Å². The molecule has 1 heterocycles. The van der Waals surface area contributed by atoms with Gasteiger partial charge in [-0.05, 0) is 61.9 Å². The van der Waals surface area contributed by atoms with Crippen LogP contribution in [-0.2, 0) is 0 Å². The maximum atomic E-state index is 4.52. The number of hydrogen-bond acceptors (Lipinski definition) is 1. The average molecular weight is 382 g/mol. The molecule has 28 heavy (non-hydrogen) atoms. The van der Waals surface area contributed by atoms with Gasteiger partial charge in [-0.25, -0.2) is 0 Å². The number of nitrogens with zero attached hydrogens (tertiary/aromatic N) is 1. The van der Waals surface area contributed by atoms with Crippen molar-refractivity contribution in [1.29, 1.82) is 0 Å². The van der Waals surface area contributed by atoms with Crippen LogP contribution >= 0.6 is 7.26 Å². The van der Waals surface area contributed by atoms with Gasteiger partial charge in [0.05, 0.1) is 0 Å². The molecule has 0 aliphatic heterocycles. The molecule has 0 N–H and O–H groups in total. The minimum Gasteiger partial charge on any atom is -0.264 e. The lowest BCUT2D eigenvalue weighted by molar-refractivity contribution is 1.04. The van der Waals surface area contributed by atoms with E-state index < -0.39 is 7.26 Å². The maximum absolute atomic E-state index is 4.52. The third kappa shape index (κ3) is 3.28. The zero-order chi connectivity index (χ0) is 19.4. The molecule has 1 nitrogen and oxygen atoms in total. The fraction of sp³-hybridized carbons (Fsp3) is 0.115. The third-order valence-electron chi connectivity index (χ3n) is 5.45. The first-order valence-electron chi connectivity index (χ1n) is 9.70.